The monoisotopic (exact) mass is 424 g/mol. The van der Waals surface area contributed by atoms with Crippen LogP contribution in [-0.2, 0) is 11.3 Å². The van der Waals surface area contributed by atoms with Gasteiger partial charge in [-0.15, -0.1) is 10.2 Å². The maximum absolute atomic E-state index is 12.3. The fourth-order valence-corrected chi connectivity index (χ4v) is 4.45. The number of aromatic nitrogens is 2. The summed E-state index contributed by atoms with van der Waals surface area (Å²) >= 11 is 2.80. The zero-order chi connectivity index (χ0) is 20.1. The predicted octanol–water partition coefficient (Wildman–Crippen LogP) is 4.87. The molecule has 0 aliphatic carbocycles. The highest BCUT2D eigenvalue weighted by Crippen LogP contribution is 2.26. The molecule has 0 saturated heterocycles. The van der Waals surface area contributed by atoms with Crippen LogP contribution in [0.25, 0.3) is 10.8 Å². The normalized spacial score (nSPS) is 12.0. The molecule has 0 aliphatic heterocycles. The molecule has 4 aromatic rings. The van der Waals surface area contributed by atoms with Gasteiger partial charge >= 0.3 is 0 Å². The minimum absolute atomic E-state index is 0.0315. The molecular weight excluding hydrogens is 404 g/mol. The number of nitrogens with zero attached hydrogens (tertiary/aromatic N) is 2. The largest absolute Gasteiger partial charge is 0.467 e. The van der Waals surface area contributed by atoms with Gasteiger partial charge in [0.25, 0.3) is 0 Å². The van der Waals surface area contributed by atoms with E-state index in [2.05, 4.69) is 51.2 Å². The third kappa shape index (κ3) is 5.16. The van der Waals surface area contributed by atoms with Gasteiger partial charge in [-0.25, -0.2) is 0 Å². The standard InChI is InChI=1S/C21H20N4O2S2/c1-14(16-9-8-15-5-2-3-6-17(15)11-16)23-19(26)13-28-21-25-24-20(29-21)22-12-18-7-4-10-27-18/h2-11,14H,12-13H2,1H3,(H,22,24)(H,23,26)/t14-/m0/s1. The molecule has 4 rings (SSSR count). The van der Waals surface area contributed by atoms with E-state index in [9.17, 15) is 4.79 Å². The van der Waals surface area contributed by atoms with Crippen molar-refractivity contribution in [3.63, 3.8) is 0 Å². The van der Waals surface area contributed by atoms with Crippen molar-refractivity contribution >= 4 is 44.9 Å². The van der Waals surface area contributed by atoms with E-state index in [-0.39, 0.29) is 11.9 Å². The summed E-state index contributed by atoms with van der Waals surface area (Å²) in [6.45, 7) is 2.55. The van der Waals surface area contributed by atoms with Gasteiger partial charge in [0.2, 0.25) is 11.0 Å². The van der Waals surface area contributed by atoms with Crippen LogP contribution in [-0.4, -0.2) is 21.9 Å². The number of carbonyl (C=O) groups excluding carboxylic acids is 1. The molecule has 0 bridgehead atoms. The van der Waals surface area contributed by atoms with Crippen LogP contribution in [0.15, 0.2) is 69.6 Å². The number of benzene rings is 2. The van der Waals surface area contributed by atoms with Gasteiger partial charge in [-0.05, 0) is 41.5 Å². The van der Waals surface area contributed by atoms with Gasteiger partial charge in [0.05, 0.1) is 24.6 Å². The van der Waals surface area contributed by atoms with Gasteiger partial charge in [-0.2, -0.15) is 0 Å². The molecule has 0 saturated carbocycles. The molecular formula is C21H20N4O2S2. The van der Waals surface area contributed by atoms with Crippen molar-refractivity contribution in [2.24, 2.45) is 0 Å². The second kappa shape index (κ2) is 9.11. The Morgan fingerprint density at radius 1 is 1.14 bits per heavy atom. The molecule has 2 aromatic heterocycles. The number of carbonyl (C=O) groups is 1. The Labute approximate surface area is 176 Å². The first-order chi connectivity index (χ1) is 14.2. The van der Waals surface area contributed by atoms with E-state index in [0.717, 1.165) is 15.7 Å². The molecule has 0 radical (unpaired) electrons. The zero-order valence-corrected chi connectivity index (χ0v) is 17.4. The summed E-state index contributed by atoms with van der Waals surface area (Å²) in [5.74, 6) is 1.09. The Morgan fingerprint density at radius 3 is 2.83 bits per heavy atom. The van der Waals surface area contributed by atoms with Crippen molar-refractivity contribution < 1.29 is 9.21 Å². The van der Waals surface area contributed by atoms with E-state index in [1.807, 2.05) is 31.2 Å². The Balaban J connectivity index is 1.27. The Kier molecular flexibility index (Phi) is 6.12. The van der Waals surface area contributed by atoms with E-state index in [1.165, 1.54) is 33.9 Å². The second-order valence-electron chi connectivity index (χ2n) is 6.49. The van der Waals surface area contributed by atoms with Gasteiger partial charge in [0.15, 0.2) is 4.34 Å². The summed E-state index contributed by atoms with van der Waals surface area (Å²) in [4.78, 5) is 12.3. The average molecular weight is 425 g/mol. The number of hydrogen-bond donors (Lipinski definition) is 2. The van der Waals surface area contributed by atoms with Gasteiger partial charge < -0.3 is 15.1 Å². The quantitative estimate of drug-likeness (QED) is 0.393. The van der Waals surface area contributed by atoms with Crippen molar-refractivity contribution in [3.05, 3.63) is 72.2 Å². The van der Waals surface area contributed by atoms with E-state index >= 15 is 0 Å². The molecule has 8 heteroatoms. The average Bonchev–Trinajstić information content (AvgIpc) is 3.42. The fraction of sp³-hybridized carbons (Fsp3) is 0.190. The molecule has 2 aromatic carbocycles. The van der Waals surface area contributed by atoms with Crippen LogP contribution < -0.4 is 10.6 Å². The first kappa shape index (κ1) is 19.5. The summed E-state index contributed by atoms with van der Waals surface area (Å²) in [6, 6.07) is 18.1. The number of nitrogens with one attached hydrogen (secondary N) is 2. The van der Waals surface area contributed by atoms with Gasteiger partial charge in [-0.1, -0.05) is 59.5 Å². The zero-order valence-electron chi connectivity index (χ0n) is 15.8. The van der Waals surface area contributed by atoms with Crippen LogP contribution in [0.4, 0.5) is 5.13 Å². The lowest BCUT2D eigenvalue weighted by atomic mass is 10.0. The highest BCUT2D eigenvalue weighted by molar-refractivity contribution is 8.01. The number of fused-ring (bicyclic) bond motifs is 1. The first-order valence-corrected chi connectivity index (χ1v) is 11.0. The highest BCUT2D eigenvalue weighted by Gasteiger charge is 2.12. The van der Waals surface area contributed by atoms with Crippen molar-refractivity contribution in [1.82, 2.24) is 15.5 Å². The van der Waals surface area contributed by atoms with Crippen molar-refractivity contribution in [3.8, 4) is 0 Å². The summed E-state index contributed by atoms with van der Waals surface area (Å²) in [5.41, 5.74) is 1.09. The molecule has 0 spiro atoms. The van der Waals surface area contributed by atoms with Crippen LogP contribution >= 0.6 is 23.1 Å². The highest BCUT2D eigenvalue weighted by atomic mass is 32.2. The fourth-order valence-electron chi connectivity index (χ4n) is 2.89. The molecule has 0 aliphatic rings. The third-order valence-electron chi connectivity index (χ3n) is 4.38. The molecule has 1 atom stereocenters. The maximum Gasteiger partial charge on any atom is 0.230 e. The Hall–Kier alpha value is -2.84. The molecule has 148 valence electrons. The summed E-state index contributed by atoms with van der Waals surface area (Å²) in [5, 5.41) is 17.5. The number of thioether (sulfide) groups is 1. The Bertz CT molecular complexity index is 1090. The van der Waals surface area contributed by atoms with Gasteiger partial charge in [-0.3, -0.25) is 4.79 Å². The molecule has 2 heterocycles. The minimum atomic E-state index is -0.0624. The van der Waals surface area contributed by atoms with E-state index < -0.39 is 0 Å². The molecule has 1 amide bonds. The first-order valence-electron chi connectivity index (χ1n) is 9.18. The van der Waals surface area contributed by atoms with Crippen molar-refractivity contribution in [1.29, 1.82) is 0 Å². The lowest BCUT2D eigenvalue weighted by Crippen LogP contribution is -2.28. The maximum atomic E-state index is 12.3. The Morgan fingerprint density at radius 2 is 2.00 bits per heavy atom. The van der Waals surface area contributed by atoms with Crippen molar-refractivity contribution in [2.45, 2.75) is 23.8 Å². The summed E-state index contributed by atoms with van der Waals surface area (Å²) in [6.07, 6.45) is 1.63. The smallest absolute Gasteiger partial charge is 0.230 e. The van der Waals surface area contributed by atoms with Crippen LogP contribution in [0.2, 0.25) is 0 Å². The number of amides is 1. The van der Waals surface area contributed by atoms with E-state index in [1.54, 1.807) is 6.26 Å². The second-order valence-corrected chi connectivity index (χ2v) is 8.69. The molecule has 0 unspecified atom stereocenters. The van der Waals surface area contributed by atoms with E-state index in [4.69, 9.17) is 4.42 Å². The lowest BCUT2D eigenvalue weighted by molar-refractivity contribution is -0.119. The lowest BCUT2D eigenvalue weighted by Gasteiger charge is -2.14. The van der Waals surface area contributed by atoms with Gasteiger partial charge in [0, 0.05) is 0 Å². The topological polar surface area (TPSA) is 80.0 Å². The summed E-state index contributed by atoms with van der Waals surface area (Å²) < 4.78 is 6.02. The molecule has 29 heavy (non-hydrogen) atoms. The third-order valence-corrected chi connectivity index (χ3v) is 6.39. The van der Waals surface area contributed by atoms with Crippen molar-refractivity contribution in [2.75, 3.05) is 11.1 Å². The predicted molar refractivity (Wildman–Crippen MR) is 117 cm³/mol. The van der Waals surface area contributed by atoms with Crippen LogP contribution in [0.1, 0.15) is 24.3 Å². The molecule has 2 N–H and O–H groups in total. The summed E-state index contributed by atoms with van der Waals surface area (Å²) in [7, 11) is 0. The number of hydrogen-bond acceptors (Lipinski definition) is 7. The van der Waals surface area contributed by atoms with Crippen LogP contribution in [0, 0.1) is 0 Å². The SMILES string of the molecule is C[C@H](NC(=O)CSc1nnc(NCc2ccco2)s1)c1ccc2ccccc2c1. The number of rotatable bonds is 8. The van der Waals surface area contributed by atoms with E-state index in [0.29, 0.717) is 17.4 Å². The number of anilines is 1. The minimum Gasteiger partial charge on any atom is -0.467 e. The number of furan rings is 1. The van der Waals surface area contributed by atoms with Gasteiger partial charge in [0.1, 0.15) is 5.76 Å². The van der Waals surface area contributed by atoms with Crippen LogP contribution in [0.3, 0.4) is 0 Å². The molecule has 6 nitrogen and oxygen atoms in total. The molecule has 0 fully saturated rings. The van der Waals surface area contributed by atoms with Crippen LogP contribution in [0.5, 0.6) is 0 Å².